The van der Waals surface area contributed by atoms with Crippen LogP contribution in [0.5, 0.6) is 0 Å². The molecule has 0 fully saturated rings. The van der Waals surface area contributed by atoms with E-state index in [0.29, 0.717) is 0 Å². The van der Waals surface area contributed by atoms with Crippen molar-refractivity contribution >= 4 is 45.6 Å². The minimum absolute atomic E-state index is 0. The summed E-state index contributed by atoms with van der Waals surface area (Å²) in [7, 11) is -3.93. The molecule has 0 bridgehead atoms. The van der Waals surface area contributed by atoms with Crippen molar-refractivity contribution in [2.24, 2.45) is 0 Å². The fourth-order valence-corrected chi connectivity index (χ4v) is 0.716. The number of rotatable bonds is 3. The molecule has 0 aliphatic carbocycles. The van der Waals surface area contributed by atoms with Gasteiger partial charge < -0.3 is 5.32 Å². The summed E-state index contributed by atoms with van der Waals surface area (Å²) >= 11 is 0. The van der Waals surface area contributed by atoms with E-state index in [1.54, 1.807) is 0 Å². The van der Waals surface area contributed by atoms with Crippen molar-refractivity contribution in [1.82, 2.24) is 5.32 Å². The molecule has 0 rings (SSSR count). The third-order valence-electron chi connectivity index (χ3n) is 0.734. The van der Waals surface area contributed by atoms with Gasteiger partial charge in [-0.1, -0.05) is 0 Å². The first-order valence-electron chi connectivity index (χ1n) is 2.61. The third kappa shape index (κ3) is 13.4. The van der Waals surface area contributed by atoms with Crippen LogP contribution < -0.4 is 5.32 Å². The predicted molar refractivity (Wildman–Crippen MR) is 42.2 cm³/mol. The van der Waals surface area contributed by atoms with Crippen molar-refractivity contribution in [1.29, 1.82) is 0 Å². The Labute approximate surface area is 87.6 Å². The number of hydrogen-bond acceptors (Lipinski definition) is 3. The SMILES string of the molecule is CC(=O)NCCS(=O)(=O)O.[NaH]. The summed E-state index contributed by atoms with van der Waals surface area (Å²) in [6.07, 6.45) is 0. The van der Waals surface area contributed by atoms with E-state index in [0.717, 1.165) is 0 Å². The molecule has 11 heavy (non-hydrogen) atoms. The van der Waals surface area contributed by atoms with Crippen molar-refractivity contribution < 1.29 is 17.8 Å². The zero-order valence-electron chi connectivity index (χ0n) is 5.49. The van der Waals surface area contributed by atoms with Gasteiger partial charge in [-0.05, 0) is 0 Å². The Bertz CT molecular complexity index is 212. The van der Waals surface area contributed by atoms with Gasteiger partial charge in [0, 0.05) is 13.5 Å². The van der Waals surface area contributed by atoms with Crippen LogP contribution in [0.25, 0.3) is 0 Å². The van der Waals surface area contributed by atoms with Crippen molar-refractivity contribution in [2.45, 2.75) is 6.92 Å². The van der Waals surface area contributed by atoms with E-state index >= 15 is 0 Å². The Balaban J connectivity index is 0. The van der Waals surface area contributed by atoms with Crippen LogP contribution in [-0.4, -0.2) is 60.7 Å². The Morgan fingerprint density at radius 3 is 2.27 bits per heavy atom. The van der Waals surface area contributed by atoms with Crippen molar-refractivity contribution in [3.8, 4) is 0 Å². The number of hydrogen-bond donors (Lipinski definition) is 2. The van der Waals surface area contributed by atoms with Gasteiger partial charge in [0.1, 0.15) is 0 Å². The van der Waals surface area contributed by atoms with Gasteiger partial charge in [0.2, 0.25) is 5.91 Å². The molecule has 0 aliphatic heterocycles. The van der Waals surface area contributed by atoms with Gasteiger partial charge in [0.05, 0.1) is 5.75 Å². The van der Waals surface area contributed by atoms with Crippen LogP contribution in [0.2, 0.25) is 0 Å². The first kappa shape index (κ1) is 13.9. The molecule has 7 heteroatoms. The van der Waals surface area contributed by atoms with Gasteiger partial charge in [-0.15, -0.1) is 0 Å². The van der Waals surface area contributed by atoms with E-state index in [1.807, 2.05) is 0 Å². The molecule has 0 atom stereocenters. The van der Waals surface area contributed by atoms with E-state index in [9.17, 15) is 13.2 Å². The van der Waals surface area contributed by atoms with Gasteiger partial charge in [0.15, 0.2) is 0 Å². The van der Waals surface area contributed by atoms with Crippen molar-refractivity contribution in [2.75, 3.05) is 12.3 Å². The Morgan fingerprint density at radius 2 is 2.00 bits per heavy atom. The minimum atomic E-state index is -3.93. The Kier molecular flexibility index (Phi) is 7.55. The second-order valence-corrected chi connectivity index (χ2v) is 3.34. The number of carbonyl (C=O) groups excluding carboxylic acids is 1. The normalized spacial score (nSPS) is 10.0. The van der Waals surface area contributed by atoms with Crippen molar-refractivity contribution in [3.63, 3.8) is 0 Å². The molecule has 0 saturated heterocycles. The molecule has 0 spiro atoms. The second kappa shape index (κ2) is 5.96. The van der Waals surface area contributed by atoms with Crippen LogP contribution in [-0.2, 0) is 14.9 Å². The number of carbonyl (C=O) groups is 1. The van der Waals surface area contributed by atoms with Crippen LogP contribution in [0, 0.1) is 0 Å². The molecule has 5 nitrogen and oxygen atoms in total. The van der Waals surface area contributed by atoms with Gasteiger partial charge in [0.25, 0.3) is 10.1 Å². The van der Waals surface area contributed by atoms with Crippen LogP contribution in [0.3, 0.4) is 0 Å². The van der Waals surface area contributed by atoms with Crippen LogP contribution in [0.15, 0.2) is 0 Å². The second-order valence-electron chi connectivity index (χ2n) is 1.77. The van der Waals surface area contributed by atoms with Crippen LogP contribution in [0.4, 0.5) is 0 Å². The predicted octanol–water partition coefficient (Wildman–Crippen LogP) is -1.64. The zero-order valence-corrected chi connectivity index (χ0v) is 6.31. The summed E-state index contributed by atoms with van der Waals surface area (Å²) in [5.41, 5.74) is 0. The average Bonchev–Trinajstić information content (AvgIpc) is 1.59. The molecule has 2 N–H and O–H groups in total. The summed E-state index contributed by atoms with van der Waals surface area (Å²) in [5, 5.41) is 2.22. The molecular formula is C4H10NNaO4S. The van der Waals surface area contributed by atoms with Crippen LogP contribution in [0.1, 0.15) is 6.92 Å². The molecule has 0 aromatic heterocycles. The average molecular weight is 191 g/mol. The van der Waals surface area contributed by atoms with E-state index in [2.05, 4.69) is 5.32 Å². The van der Waals surface area contributed by atoms with Crippen molar-refractivity contribution in [3.05, 3.63) is 0 Å². The zero-order chi connectivity index (χ0) is 8.20. The molecular weight excluding hydrogens is 181 g/mol. The Morgan fingerprint density at radius 1 is 1.55 bits per heavy atom. The molecule has 0 aromatic carbocycles. The van der Waals surface area contributed by atoms with E-state index in [-0.39, 0.29) is 42.0 Å². The monoisotopic (exact) mass is 191 g/mol. The third-order valence-corrected chi connectivity index (χ3v) is 1.45. The van der Waals surface area contributed by atoms with Gasteiger partial charge >= 0.3 is 29.6 Å². The molecule has 62 valence electrons. The maximum atomic E-state index is 10.1. The molecule has 0 radical (unpaired) electrons. The quantitative estimate of drug-likeness (QED) is 0.414. The summed E-state index contributed by atoms with van der Waals surface area (Å²) in [6.45, 7) is 1.22. The van der Waals surface area contributed by atoms with E-state index < -0.39 is 15.9 Å². The molecule has 0 saturated carbocycles. The summed E-state index contributed by atoms with van der Waals surface area (Å²) < 4.78 is 28.2. The van der Waals surface area contributed by atoms with E-state index in [1.165, 1.54) is 6.92 Å². The summed E-state index contributed by atoms with van der Waals surface area (Å²) in [5.74, 6) is -0.754. The first-order chi connectivity index (χ1) is 4.42. The number of amides is 1. The van der Waals surface area contributed by atoms with Gasteiger partial charge in [-0.25, -0.2) is 0 Å². The molecule has 0 aliphatic rings. The standard InChI is InChI=1S/C4H9NO4S.Na.H/c1-4(6)5-2-3-10(7,8)9;;/h2-3H2,1H3,(H,5,6)(H,7,8,9);;. The molecule has 0 heterocycles. The molecule has 0 aromatic rings. The topological polar surface area (TPSA) is 83.5 Å². The Hall–Kier alpha value is 0.380. The maximum absolute atomic E-state index is 10.1. The summed E-state index contributed by atoms with van der Waals surface area (Å²) in [6, 6.07) is 0. The molecule has 0 unspecified atom stereocenters. The van der Waals surface area contributed by atoms with Gasteiger partial charge in [-0.2, -0.15) is 8.42 Å². The van der Waals surface area contributed by atoms with Gasteiger partial charge in [-0.3, -0.25) is 9.35 Å². The summed E-state index contributed by atoms with van der Waals surface area (Å²) in [4.78, 5) is 10.1. The number of nitrogens with one attached hydrogen (secondary N) is 1. The fraction of sp³-hybridized carbons (Fsp3) is 0.750. The van der Waals surface area contributed by atoms with Crippen LogP contribution >= 0.6 is 0 Å². The fourth-order valence-electron chi connectivity index (χ4n) is 0.356. The van der Waals surface area contributed by atoms with E-state index in [4.69, 9.17) is 4.55 Å². The first-order valence-corrected chi connectivity index (χ1v) is 4.22. The molecule has 1 amide bonds.